The highest BCUT2D eigenvalue weighted by Gasteiger charge is 2.35. The molecule has 1 aliphatic rings. The van der Waals surface area contributed by atoms with Gasteiger partial charge in [-0.2, -0.15) is 13.2 Å². The van der Waals surface area contributed by atoms with Crippen molar-refractivity contribution in [2.24, 2.45) is 0 Å². The minimum Gasteiger partial charge on any atom is -0.487 e. The van der Waals surface area contributed by atoms with Crippen LogP contribution in [-0.2, 0) is 12.8 Å². The smallest absolute Gasteiger partial charge is 0.416 e. The number of hydrogen-bond acceptors (Lipinski definition) is 3. The van der Waals surface area contributed by atoms with Crippen LogP contribution in [0.25, 0.3) is 22.3 Å². The predicted octanol–water partition coefficient (Wildman–Crippen LogP) is 5.96. The van der Waals surface area contributed by atoms with Crippen LogP contribution in [0.1, 0.15) is 21.5 Å². The standard InChI is InChI=1S/C22H12ClF3N2O2/c23-14-6-3-12(4-7-14)11-30-20-15-8-5-13(22(24,25)26)10-16(15)27-19-17-2-1-9-28(17)21(29)18(19)20/h1-10H,11H2. The van der Waals surface area contributed by atoms with Gasteiger partial charge in [-0.15, -0.1) is 0 Å². The summed E-state index contributed by atoms with van der Waals surface area (Å²) in [4.78, 5) is 17.3. The zero-order chi connectivity index (χ0) is 21.0. The fourth-order valence-electron chi connectivity index (χ4n) is 3.55. The molecule has 0 saturated carbocycles. The Hall–Kier alpha value is -3.32. The number of nitrogens with zero attached hydrogens (tertiary/aromatic N) is 2. The second-order valence-electron chi connectivity index (χ2n) is 6.88. The summed E-state index contributed by atoms with van der Waals surface area (Å²) in [7, 11) is 0. The molecule has 4 aromatic rings. The van der Waals surface area contributed by atoms with Gasteiger partial charge in [0, 0.05) is 16.6 Å². The molecule has 0 spiro atoms. The number of carbonyl (C=O) groups excluding carboxylic acids is 1. The van der Waals surface area contributed by atoms with Crippen molar-refractivity contribution in [1.82, 2.24) is 9.55 Å². The number of hydrogen-bond donors (Lipinski definition) is 0. The molecule has 0 bridgehead atoms. The highest BCUT2D eigenvalue weighted by molar-refractivity contribution is 6.30. The van der Waals surface area contributed by atoms with E-state index in [0.29, 0.717) is 21.8 Å². The lowest BCUT2D eigenvalue weighted by Gasteiger charge is -2.14. The van der Waals surface area contributed by atoms with Crippen LogP contribution in [0.2, 0.25) is 5.02 Å². The molecular formula is C22H12ClF3N2O2. The molecule has 4 nitrogen and oxygen atoms in total. The third-order valence-electron chi connectivity index (χ3n) is 4.99. The number of alkyl halides is 3. The van der Waals surface area contributed by atoms with Crippen molar-refractivity contribution in [3.05, 3.63) is 82.5 Å². The first-order valence-corrected chi connectivity index (χ1v) is 9.35. The molecule has 0 aliphatic carbocycles. The molecule has 0 radical (unpaired) electrons. The molecule has 30 heavy (non-hydrogen) atoms. The molecule has 1 aliphatic heterocycles. The van der Waals surface area contributed by atoms with Crippen LogP contribution in [0.15, 0.2) is 60.8 Å². The summed E-state index contributed by atoms with van der Waals surface area (Å²) in [6.45, 7) is 0.117. The van der Waals surface area contributed by atoms with Gasteiger partial charge in [0.2, 0.25) is 0 Å². The second-order valence-corrected chi connectivity index (χ2v) is 7.31. The Balaban J connectivity index is 1.68. The largest absolute Gasteiger partial charge is 0.487 e. The van der Waals surface area contributed by atoms with Crippen molar-refractivity contribution < 1.29 is 22.7 Å². The molecule has 2 aromatic carbocycles. The number of benzene rings is 2. The van der Waals surface area contributed by atoms with Gasteiger partial charge < -0.3 is 4.74 Å². The zero-order valence-corrected chi connectivity index (χ0v) is 16.0. The number of carbonyl (C=O) groups is 1. The Labute approximate surface area is 173 Å². The lowest BCUT2D eigenvalue weighted by molar-refractivity contribution is -0.137. The topological polar surface area (TPSA) is 44.1 Å². The van der Waals surface area contributed by atoms with Crippen LogP contribution >= 0.6 is 11.6 Å². The molecule has 0 fully saturated rings. The first-order chi connectivity index (χ1) is 14.3. The zero-order valence-electron chi connectivity index (χ0n) is 15.2. The first-order valence-electron chi connectivity index (χ1n) is 8.97. The van der Waals surface area contributed by atoms with Crippen LogP contribution in [0.4, 0.5) is 13.2 Å². The second kappa shape index (κ2) is 6.60. The Morgan fingerprint density at radius 3 is 2.57 bits per heavy atom. The van der Waals surface area contributed by atoms with Gasteiger partial charge in [0.1, 0.15) is 23.6 Å². The Morgan fingerprint density at radius 1 is 1.07 bits per heavy atom. The Kier molecular flexibility index (Phi) is 4.11. The lowest BCUT2D eigenvalue weighted by atomic mass is 10.0. The maximum atomic E-state index is 13.2. The van der Waals surface area contributed by atoms with E-state index in [1.165, 1.54) is 10.6 Å². The molecule has 8 heteroatoms. The van der Waals surface area contributed by atoms with Gasteiger partial charge in [0.15, 0.2) is 0 Å². The fraction of sp³-hybridized carbons (Fsp3) is 0.0909. The normalized spacial score (nSPS) is 12.9. The maximum absolute atomic E-state index is 13.2. The molecular weight excluding hydrogens is 417 g/mol. The van der Waals surface area contributed by atoms with Crippen LogP contribution in [-0.4, -0.2) is 15.5 Å². The van der Waals surface area contributed by atoms with E-state index in [1.54, 1.807) is 42.6 Å². The quantitative estimate of drug-likeness (QED) is 0.356. The number of pyridine rings is 1. The van der Waals surface area contributed by atoms with Crippen LogP contribution in [0.5, 0.6) is 5.75 Å². The minimum atomic E-state index is -4.50. The third-order valence-corrected chi connectivity index (χ3v) is 5.24. The van der Waals surface area contributed by atoms with E-state index in [1.807, 2.05) is 0 Å². The lowest BCUT2D eigenvalue weighted by Crippen LogP contribution is -2.09. The van der Waals surface area contributed by atoms with Gasteiger partial charge in [-0.25, -0.2) is 4.98 Å². The van der Waals surface area contributed by atoms with E-state index in [4.69, 9.17) is 16.3 Å². The first kappa shape index (κ1) is 18.7. The highest BCUT2D eigenvalue weighted by atomic mass is 35.5. The van der Waals surface area contributed by atoms with Crippen molar-refractivity contribution in [3.63, 3.8) is 0 Å². The van der Waals surface area contributed by atoms with Crippen molar-refractivity contribution in [2.45, 2.75) is 12.8 Å². The summed E-state index contributed by atoms with van der Waals surface area (Å²) in [5.74, 6) is -0.113. The van der Waals surface area contributed by atoms with Crippen LogP contribution < -0.4 is 4.74 Å². The van der Waals surface area contributed by atoms with Gasteiger partial charge in [0.05, 0.1) is 16.8 Å². The highest BCUT2D eigenvalue weighted by Crippen LogP contribution is 2.42. The average Bonchev–Trinajstić information content (AvgIpc) is 3.29. The van der Waals surface area contributed by atoms with Gasteiger partial charge in [0.25, 0.3) is 5.91 Å². The molecule has 0 saturated heterocycles. The number of fused-ring (bicyclic) bond motifs is 4. The molecule has 3 heterocycles. The summed E-state index contributed by atoms with van der Waals surface area (Å²) in [6, 6.07) is 13.6. The van der Waals surface area contributed by atoms with Crippen molar-refractivity contribution >= 4 is 28.4 Å². The summed E-state index contributed by atoms with van der Waals surface area (Å²) in [6.07, 6.45) is -2.91. The van der Waals surface area contributed by atoms with Crippen LogP contribution in [0.3, 0.4) is 0 Å². The SMILES string of the molecule is O=C1c2c(nc3cc(C(F)(F)F)ccc3c2OCc2ccc(Cl)cc2)-c2cccn21. The monoisotopic (exact) mass is 428 g/mol. The predicted molar refractivity (Wildman–Crippen MR) is 106 cm³/mol. The molecule has 0 atom stereocenters. The number of halogens is 4. The number of aromatic nitrogens is 2. The third kappa shape index (κ3) is 2.93. The van der Waals surface area contributed by atoms with Crippen molar-refractivity contribution in [2.75, 3.05) is 0 Å². The molecule has 2 aromatic heterocycles. The van der Waals surface area contributed by atoms with E-state index < -0.39 is 11.7 Å². The summed E-state index contributed by atoms with van der Waals surface area (Å²) < 4.78 is 47.0. The molecule has 5 rings (SSSR count). The van der Waals surface area contributed by atoms with Gasteiger partial charge in [-0.1, -0.05) is 23.7 Å². The van der Waals surface area contributed by atoms with Gasteiger partial charge in [-0.3, -0.25) is 9.36 Å². The molecule has 0 amide bonds. The van der Waals surface area contributed by atoms with Crippen LogP contribution in [0, 0.1) is 0 Å². The maximum Gasteiger partial charge on any atom is 0.416 e. The van der Waals surface area contributed by atoms with E-state index in [-0.39, 0.29) is 29.3 Å². The van der Waals surface area contributed by atoms with E-state index in [0.717, 1.165) is 17.7 Å². The van der Waals surface area contributed by atoms with Gasteiger partial charge >= 0.3 is 6.18 Å². The Morgan fingerprint density at radius 2 is 1.83 bits per heavy atom. The van der Waals surface area contributed by atoms with Crippen molar-refractivity contribution in [3.8, 4) is 17.1 Å². The van der Waals surface area contributed by atoms with E-state index >= 15 is 0 Å². The summed E-state index contributed by atoms with van der Waals surface area (Å²) in [5, 5.41) is 0.915. The molecule has 0 N–H and O–H groups in total. The van der Waals surface area contributed by atoms with E-state index in [2.05, 4.69) is 4.98 Å². The fourth-order valence-corrected chi connectivity index (χ4v) is 3.68. The summed E-state index contributed by atoms with van der Waals surface area (Å²) in [5.41, 5.74) is 1.17. The Bertz CT molecular complexity index is 1310. The summed E-state index contributed by atoms with van der Waals surface area (Å²) >= 11 is 5.91. The number of rotatable bonds is 3. The van der Waals surface area contributed by atoms with Gasteiger partial charge in [-0.05, 0) is 48.0 Å². The number of ether oxygens (including phenoxy) is 1. The van der Waals surface area contributed by atoms with E-state index in [9.17, 15) is 18.0 Å². The molecule has 150 valence electrons. The average molecular weight is 429 g/mol. The molecule has 0 unspecified atom stereocenters. The van der Waals surface area contributed by atoms with Crippen molar-refractivity contribution in [1.29, 1.82) is 0 Å². The minimum absolute atomic E-state index is 0.108.